The van der Waals surface area contributed by atoms with Crippen LogP contribution in [-0.4, -0.2) is 23.4 Å². The molecule has 1 amide bonds. The van der Waals surface area contributed by atoms with Crippen LogP contribution in [-0.2, 0) is 17.1 Å². The molecule has 29 heavy (non-hydrogen) atoms. The fourth-order valence-corrected chi connectivity index (χ4v) is 3.92. The second-order valence-corrected chi connectivity index (χ2v) is 7.85. The van der Waals surface area contributed by atoms with Crippen molar-refractivity contribution in [2.45, 2.75) is 19.2 Å². The number of amides is 1. The molecule has 0 bridgehead atoms. The Balaban J connectivity index is 1.27. The SMILES string of the molecule is Cc1oc(-c2ccccc2Cl)nc1CSCC(=O)NCc1ccc2c(c1)OCO2. The molecule has 0 saturated carbocycles. The Hall–Kier alpha value is -2.64. The van der Waals surface area contributed by atoms with E-state index in [2.05, 4.69) is 10.3 Å². The molecule has 4 rings (SSSR count). The predicted molar refractivity (Wildman–Crippen MR) is 112 cm³/mol. The van der Waals surface area contributed by atoms with Crippen LogP contribution in [0.5, 0.6) is 11.5 Å². The van der Waals surface area contributed by atoms with E-state index < -0.39 is 0 Å². The molecule has 0 saturated heterocycles. The molecular weight excluding hydrogens is 412 g/mol. The number of aryl methyl sites for hydroxylation is 1. The van der Waals surface area contributed by atoms with E-state index in [4.69, 9.17) is 25.5 Å². The summed E-state index contributed by atoms with van der Waals surface area (Å²) in [5.41, 5.74) is 2.54. The maximum absolute atomic E-state index is 12.1. The van der Waals surface area contributed by atoms with Crippen molar-refractivity contribution in [2.75, 3.05) is 12.5 Å². The van der Waals surface area contributed by atoms with E-state index in [0.29, 0.717) is 34.7 Å². The van der Waals surface area contributed by atoms with E-state index in [1.165, 1.54) is 11.8 Å². The first-order valence-corrected chi connectivity index (χ1v) is 10.6. The molecule has 0 fully saturated rings. The third kappa shape index (κ3) is 4.68. The number of halogens is 1. The zero-order valence-electron chi connectivity index (χ0n) is 15.7. The first-order valence-electron chi connectivity index (χ1n) is 9.04. The van der Waals surface area contributed by atoms with E-state index >= 15 is 0 Å². The molecule has 0 spiro atoms. The van der Waals surface area contributed by atoms with Crippen LogP contribution in [0.1, 0.15) is 17.0 Å². The van der Waals surface area contributed by atoms with Crippen LogP contribution < -0.4 is 14.8 Å². The Bertz CT molecular complexity index is 1040. The first kappa shape index (κ1) is 19.7. The molecule has 1 N–H and O–H groups in total. The molecule has 1 aromatic heterocycles. The summed E-state index contributed by atoms with van der Waals surface area (Å²) in [7, 11) is 0. The van der Waals surface area contributed by atoms with Crippen molar-refractivity contribution in [1.29, 1.82) is 0 Å². The van der Waals surface area contributed by atoms with Crippen molar-refractivity contribution < 1.29 is 18.7 Å². The van der Waals surface area contributed by atoms with Crippen LogP contribution in [0.4, 0.5) is 0 Å². The van der Waals surface area contributed by atoms with Crippen LogP contribution in [0.15, 0.2) is 46.9 Å². The second kappa shape index (κ2) is 8.80. The minimum atomic E-state index is -0.0415. The number of nitrogens with one attached hydrogen (secondary N) is 1. The van der Waals surface area contributed by atoms with Gasteiger partial charge in [-0.25, -0.2) is 4.98 Å². The standard InChI is InChI=1S/C21H19ClN2O4S/c1-13-17(24-21(28-13)15-4-2-3-5-16(15)22)10-29-11-20(25)23-9-14-6-7-18-19(8-14)27-12-26-18/h2-8H,9-12H2,1H3,(H,23,25). The monoisotopic (exact) mass is 430 g/mol. The predicted octanol–water partition coefficient (Wildman–Crippen LogP) is 4.58. The van der Waals surface area contributed by atoms with Crippen molar-refractivity contribution in [3.8, 4) is 23.0 Å². The normalized spacial score (nSPS) is 12.2. The fraction of sp³-hybridized carbons (Fsp3) is 0.238. The number of benzene rings is 2. The number of rotatable bonds is 7. The van der Waals surface area contributed by atoms with Gasteiger partial charge in [-0.1, -0.05) is 29.8 Å². The van der Waals surface area contributed by atoms with Crippen molar-refractivity contribution >= 4 is 29.3 Å². The molecule has 2 aromatic carbocycles. The first-order chi connectivity index (χ1) is 14.1. The summed E-state index contributed by atoms with van der Waals surface area (Å²) in [5.74, 6) is 3.54. The van der Waals surface area contributed by atoms with Gasteiger partial charge in [-0.3, -0.25) is 4.79 Å². The molecule has 8 heteroatoms. The maximum Gasteiger partial charge on any atom is 0.231 e. The smallest absolute Gasteiger partial charge is 0.231 e. The highest BCUT2D eigenvalue weighted by atomic mass is 35.5. The van der Waals surface area contributed by atoms with Crippen LogP contribution in [0.2, 0.25) is 5.02 Å². The van der Waals surface area contributed by atoms with Crippen LogP contribution in [0.25, 0.3) is 11.5 Å². The number of aromatic nitrogens is 1. The molecule has 0 atom stereocenters. The summed E-state index contributed by atoms with van der Waals surface area (Å²) in [6.45, 7) is 2.54. The molecular formula is C21H19ClN2O4S. The Morgan fingerprint density at radius 3 is 2.90 bits per heavy atom. The van der Waals surface area contributed by atoms with Gasteiger partial charge < -0.3 is 19.2 Å². The summed E-state index contributed by atoms with van der Waals surface area (Å²) in [6.07, 6.45) is 0. The summed E-state index contributed by atoms with van der Waals surface area (Å²) in [5, 5.41) is 3.51. The zero-order chi connectivity index (χ0) is 20.2. The van der Waals surface area contributed by atoms with Gasteiger partial charge in [-0.05, 0) is 36.8 Å². The minimum absolute atomic E-state index is 0.0415. The quantitative estimate of drug-likeness (QED) is 0.591. The number of hydrogen-bond acceptors (Lipinski definition) is 6. The average Bonchev–Trinajstić information content (AvgIpc) is 3.33. The largest absolute Gasteiger partial charge is 0.454 e. The summed E-state index contributed by atoms with van der Waals surface area (Å²) in [6, 6.07) is 13.1. The van der Waals surface area contributed by atoms with Gasteiger partial charge in [0.15, 0.2) is 11.5 Å². The zero-order valence-corrected chi connectivity index (χ0v) is 17.3. The average molecular weight is 431 g/mol. The van der Waals surface area contributed by atoms with Crippen molar-refractivity contribution in [1.82, 2.24) is 10.3 Å². The van der Waals surface area contributed by atoms with Gasteiger partial charge in [0.05, 0.1) is 22.0 Å². The highest BCUT2D eigenvalue weighted by Crippen LogP contribution is 2.32. The number of thioether (sulfide) groups is 1. The third-order valence-corrected chi connectivity index (χ3v) is 5.67. The summed E-state index contributed by atoms with van der Waals surface area (Å²) < 4.78 is 16.4. The van der Waals surface area contributed by atoms with E-state index in [0.717, 1.165) is 28.3 Å². The fourth-order valence-electron chi connectivity index (χ4n) is 2.85. The lowest BCUT2D eigenvalue weighted by molar-refractivity contribution is -0.118. The highest BCUT2D eigenvalue weighted by Gasteiger charge is 2.15. The molecule has 2 heterocycles. The molecule has 0 radical (unpaired) electrons. The molecule has 150 valence electrons. The minimum Gasteiger partial charge on any atom is -0.454 e. The molecule has 6 nitrogen and oxygen atoms in total. The van der Waals surface area contributed by atoms with Gasteiger partial charge in [0.25, 0.3) is 0 Å². The molecule has 1 aliphatic rings. The number of ether oxygens (including phenoxy) is 2. The molecule has 0 aliphatic carbocycles. The Morgan fingerprint density at radius 2 is 2.03 bits per heavy atom. The van der Waals surface area contributed by atoms with E-state index in [9.17, 15) is 4.79 Å². The van der Waals surface area contributed by atoms with Crippen molar-refractivity contribution in [2.24, 2.45) is 0 Å². The molecule has 0 unspecified atom stereocenters. The van der Waals surface area contributed by atoms with E-state index in [-0.39, 0.29) is 12.7 Å². The van der Waals surface area contributed by atoms with Gasteiger partial charge in [-0.2, -0.15) is 0 Å². The lowest BCUT2D eigenvalue weighted by Gasteiger charge is -2.06. The third-order valence-electron chi connectivity index (χ3n) is 4.40. The number of hydrogen-bond donors (Lipinski definition) is 1. The van der Waals surface area contributed by atoms with Crippen LogP contribution in [0.3, 0.4) is 0 Å². The highest BCUT2D eigenvalue weighted by molar-refractivity contribution is 7.99. The number of carbonyl (C=O) groups is 1. The van der Waals surface area contributed by atoms with Crippen molar-refractivity contribution in [3.05, 3.63) is 64.5 Å². The molecule has 1 aliphatic heterocycles. The van der Waals surface area contributed by atoms with Crippen LogP contribution >= 0.6 is 23.4 Å². The Kier molecular flexibility index (Phi) is 5.97. The number of oxazole rings is 1. The van der Waals surface area contributed by atoms with Crippen molar-refractivity contribution in [3.63, 3.8) is 0 Å². The second-order valence-electron chi connectivity index (χ2n) is 6.46. The lowest BCUT2D eigenvalue weighted by Crippen LogP contribution is -2.24. The lowest BCUT2D eigenvalue weighted by atomic mass is 10.2. The molecule has 3 aromatic rings. The van der Waals surface area contributed by atoms with Gasteiger partial charge in [0, 0.05) is 12.3 Å². The Morgan fingerprint density at radius 1 is 1.21 bits per heavy atom. The Labute approximate surface area is 177 Å². The summed E-state index contributed by atoms with van der Waals surface area (Å²) in [4.78, 5) is 16.7. The number of fused-ring (bicyclic) bond motifs is 1. The van der Waals surface area contributed by atoms with E-state index in [1.807, 2.05) is 43.3 Å². The van der Waals surface area contributed by atoms with Gasteiger partial charge in [0.1, 0.15) is 5.76 Å². The van der Waals surface area contributed by atoms with Gasteiger partial charge >= 0.3 is 0 Å². The topological polar surface area (TPSA) is 73.6 Å². The van der Waals surface area contributed by atoms with E-state index in [1.54, 1.807) is 6.07 Å². The number of nitrogens with zero attached hydrogens (tertiary/aromatic N) is 1. The maximum atomic E-state index is 12.1. The van der Waals surface area contributed by atoms with Gasteiger partial charge in [0.2, 0.25) is 18.6 Å². The van der Waals surface area contributed by atoms with Gasteiger partial charge in [-0.15, -0.1) is 11.8 Å². The number of carbonyl (C=O) groups excluding carboxylic acids is 1. The summed E-state index contributed by atoms with van der Waals surface area (Å²) >= 11 is 7.69. The van der Waals surface area contributed by atoms with Crippen LogP contribution in [0, 0.1) is 6.92 Å².